The van der Waals surface area contributed by atoms with Crippen LogP contribution in [-0.2, 0) is 16.1 Å². The second-order valence-electron chi connectivity index (χ2n) is 6.80. The molecule has 1 aliphatic rings. The van der Waals surface area contributed by atoms with Crippen LogP contribution in [0.25, 0.3) is 0 Å². The topological polar surface area (TPSA) is 92.4 Å². The third kappa shape index (κ3) is 5.26. The summed E-state index contributed by atoms with van der Waals surface area (Å²) in [7, 11) is 0. The standard InChI is InChI=1S/C20H25N5O2/c21-18(26)9-13-24(14-16-6-2-1-3-7-16)19(27)17-8-4-12-25(15-17)20-22-10-5-11-23-20/h1-3,5-7,10-11,17H,4,8-9,12-15H2,(H2,21,26). The largest absolute Gasteiger partial charge is 0.370 e. The van der Waals surface area contributed by atoms with Gasteiger partial charge in [-0.15, -0.1) is 0 Å². The van der Waals surface area contributed by atoms with Crippen LogP contribution in [0.2, 0.25) is 0 Å². The predicted octanol–water partition coefficient (Wildman–Crippen LogP) is 1.60. The van der Waals surface area contributed by atoms with Gasteiger partial charge in [0.05, 0.1) is 5.92 Å². The first-order valence-corrected chi connectivity index (χ1v) is 9.26. The monoisotopic (exact) mass is 367 g/mol. The van der Waals surface area contributed by atoms with Gasteiger partial charge in [-0.3, -0.25) is 9.59 Å². The van der Waals surface area contributed by atoms with Crippen molar-refractivity contribution in [2.24, 2.45) is 11.7 Å². The number of rotatable bonds is 7. The molecule has 2 N–H and O–H groups in total. The zero-order valence-corrected chi connectivity index (χ0v) is 15.3. The van der Waals surface area contributed by atoms with Gasteiger partial charge in [0.15, 0.2) is 0 Å². The van der Waals surface area contributed by atoms with Gasteiger partial charge < -0.3 is 15.5 Å². The van der Waals surface area contributed by atoms with E-state index in [2.05, 4.69) is 14.9 Å². The minimum absolute atomic E-state index is 0.0562. The van der Waals surface area contributed by atoms with Crippen molar-refractivity contribution in [2.75, 3.05) is 24.5 Å². The first-order valence-electron chi connectivity index (χ1n) is 9.26. The van der Waals surface area contributed by atoms with Crippen molar-refractivity contribution in [2.45, 2.75) is 25.8 Å². The van der Waals surface area contributed by atoms with Crippen LogP contribution < -0.4 is 10.6 Å². The van der Waals surface area contributed by atoms with Crippen LogP contribution in [0.1, 0.15) is 24.8 Å². The Kier molecular flexibility index (Phi) is 6.35. The Labute approximate surface area is 159 Å². The Morgan fingerprint density at radius 2 is 1.89 bits per heavy atom. The molecule has 1 aromatic heterocycles. The van der Waals surface area contributed by atoms with Crippen LogP contribution in [0, 0.1) is 5.92 Å². The summed E-state index contributed by atoms with van der Waals surface area (Å²) in [5, 5.41) is 0. The van der Waals surface area contributed by atoms with Crippen molar-refractivity contribution in [3.05, 3.63) is 54.4 Å². The molecule has 1 unspecified atom stereocenters. The quantitative estimate of drug-likeness (QED) is 0.802. The SMILES string of the molecule is NC(=O)CCN(Cc1ccccc1)C(=O)C1CCCN(c2ncccn2)C1. The lowest BCUT2D eigenvalue weighted by Crippen LogP contribution is -2.45. The molecule has 1 fully saturated rings. The van der Waals surface area contributed by atoms with Gasteiger partial charge in [0, 0.05) is 45.0 Å². The normalized spacial score (nSPS) is 16.7. The number of piperidine rings is 1. The summed E-state index contributed by atoms with van der Waals surface area (Å²) in [5.41, 5.74) is 6.35. The Balaban J connectivity index is 1.70. The summed E-state index contributed by atoms with van der Waals surface area (Å²) >= 11 is 0. The van der Waals surface area contributed by atoms with E-state index in [0.717, 1.165) is 24.9 Å². The maximum Gasteiger partial charge on any atom is 0.227 e. The van der Waals surface area contributed by atoms with Crippen LogP contribution in [0.15, 0.2) is 48.8 Å². The minimum Gasteiger partial charge on any atom is -0.370 e. The van der Waals surface area contributed by atoms with Gasteiger partial charge in [-0.1, -0.05) is 30.3 Å². The van der Waals surface area contributed by atoms with E-state index in [1.807, 2.05) is 30.3 Å². The van der Waals surface area contributed by atoms with Crippen LogP contribution in [0.3, 0.4) is 0 Å². The highest BCUT2D eigenvalue weighted by Crippen LogP contribution is 2.22. The van der Waals surface area contributed by atoms with Gasteiger partial charge >= 0.3 is 0 Å². The highest BCUT2D eigenvalue weighted by molar-refractivity contribution is 5.81. The maximum absolute atomic E-state index is 13.2. The number of carbonyl (C=O) groups is 2. The molecule has 1 saturated heterocycles. The van der Waals surface area contributed by atoms with Crippen LogP contribution in [0.4, 0.5) is 5.95 Å². The number of primary amides is 1. The van der Waals surface area contributed by atoms with Crippen molar-refractivity contribution in [3.63, 3.8) is 0 Å². The fraction of sp³-hybridized carbons (Fsp3) is 0.400. The number of hydrogen-bond acceptors (Lipinski definition) is 5. The number of anilines is 1. The van der Waals surface area contributed by atoms with Gasteiger partial charge in [0.25, 0.3) is 0 Å². The maximum atomic E-state index is 13.2. The van der Waals surface area contributed by atoms with Gasteiger partial charge in [-0.2, -0.15) is 0 Å². The minimum atomic E-state index is -0.399. The first kappa shape index (κ1) is 18.8. The molecule has 7 heteroatoms. The lowest BCUT2D eigenvalue weighted by molar-refractivity contribution is -0.136. The second kappa shape index (κ2) is 9.12. The molecular weight excluding hydrogens is 342 g/mol. The van der Waals surface area contributed by atoms with E-state index in [1.54, 1.807) is 23.4 Å². The third-order valence-electron chi connectivity index (χ3n) is 4.76. The number of hydrogen-bond donors (Lipinski definition) is 1. The average Bonchev–Trinajstić information content (AvgIpc) is 2.72. The van der Waals surface area contributed by atoms with E-state index in [0.29, 0.717) is 25.6 Å². The summed E-state index contributed by atoms with van der Waals surface area (Å²) < 4.78 is 0. The molecule has 27 heavy (non-hydrogen) atoms. The fourth-order valence-corrected chi connectivity index (χ4v) is 3.39. The van der Waals surface area contributed by atoms with E-state index >= 15 is 0 Å². The van der Waals surface area contributed by atoms with E-state index < -0.39 is 5.91 Å². The van der Waals surface area contributed by atoms with Crippen molar-refractivity contribution < 1.29 is 9.59 Å². The number of nitrogens with two attached hydrogens (primary N) is 1. The van der Waals surface area contributed by atoms with Crippen molar-refractivity contribution in [1.29, 1.82) is 0 Å². The van der Waals surface area contributed by atoms with E-state index in [1.165, 1.54) is 0 Å². The summed E-state index contributed by atoms with van der Waals surface area (Å²) in [6, 6.07) is 11.6. The van der Waals surface area contributed by atoms with E-state index in [4.69, 9.17) is 5.73 Å². The smallest absolute Gasteiger partial charge is 0.227 e. The second-order valence-corrected chi connectivity index (χ2v) is 6.80. The molecule has 0 radical (unpaired) electrons. The first-order chi connectivity index (χ1) is 13.1. The van der Waals surface area contributed by atoms with Crippen molar-refractivity contribution >= 4 is 17.8 Å². The number of amides is 2. The van der Waals surface area contributed by atoms with E-state index in [-0.39, 0.29) is 18.2 Å². The molecule has 1 aromatic carbocycles. The van der Waals surface area contributed by atoms with Crippen molar-refractivity contribution in [3.8, 4) is 0 Å². The van der Waals surface area contributed by atoms with Gasteiger partial charge in [0.1, 0.15) is 0 Å². The fourth-order valence-electron chi connectivity index (χ4n) is 3.39. The third-order valence-corrected chi connectivity index (χ3v) is 4.76. The molecule has 0 aliphatic carbocycles. The molecule has 7 nitrogen and oxygen atoms in total. The number of carbonyl (C=O) groups excluding carboxylic acids is 2. The van der Waals surface area contributed by atoms with Gasteiger partial charge in [-0.05, 0) is 24.5 Å². The summed E-state index contributed by atoms with van der Waals surface area (Å²) in [6.45, 7) is 2.24. The number of nitrogens with zero attached hydrogens (tertiary/aromatic N) is 4. The van der Waals surface area contributed by atoms with Crippen LogP contribution in [0.5, 0.6) is 0 Å². The molecule has 1 aliphatic heterocycles. The Morgan fingerprint density at radius 3 is 2.59 bits per heavy atom. The zero-order chi connectivity index (χ0) is 19.1. The molecule has 2 aromatic rings. The summed E-state index contributed by atoms with van der Waals surface area (Å²) in [6.07, 6.45) is 5.31. The molecule has 0 spiro atoms. The van der Waals surface area contributed by atoms with Crippen LogP contribution >= 0.6 is 0 Å². The molecule has 2 amide bonds. The molecule has 0 saturated carbocycles. The zero-order valence-electron chi connectivity index (χ0n) is 15.3. The number of benzene rings is 1. The lowest BCUT2D eigenvalue weighted by Gasteiger charge is -2.35. The van der Waals surface area contributed by atoms with Crippen LogP contribution in [-0.4, -0.2) is 46.3 Å². The highest BCUT2D eigenvalue weighted by atomic mass is 16.2. The average molecular weight is 367 g/mol. The Morgan fingerprint density at radius 1 is 1.15 bits per heavy atom. The van der Waals surface area contributed by atoms with Gasteiger partial charge in [0.2, 0.25) is 17.8 Å². The van der Waals surface area contributed by atoms with Crippen molar-refractivity contribution in [1.82, 2.24) is 14.9 Å². The molecular formula is C20H25N5O2. The molecule has 2 heterocycles. The van der Waals surface area contributed by atoms with Gasteiger partial charge in [-0.25, -0.2) is 9.97 Å². The molecule has 1 atom stereocenters. The number of aromatic nitrogens is 2. The Hall–Kier alpha value is -2.96. The molecule has 3 rings (SSSR count). The molecule has 0 bridgehead atoms. The van der Waals surface area contributed by atoms with E-state index in [9.17, 15) is 9.59 Å². The summed E-state index contributed by atoms with van der Waals surface area (Å²) in [5.74, 6) is 0.172. The predicted molar refractivity (Wildman–Crippen MR) is 103 cm³/mol. The lowest BCUT2D eigenvalue weighted by atomic mass is 9.96. The molecule has 142 valence electrons. The Bertz CT molecular complexity index is 753. The highest BCUT2D eigenvalue weighted by Gasteiger charge is 2.30. The summed E-state index contributed by atoms with van der Waals surface area (Å²) in [4.78, 5) is 36.9.